The number of halogens is 3. The molecule has 27 heavy (non-hydrogen) atoms. The van der Waals surface area contributed by atoms with E-state index < -0.39 is 30.7 Å². The summed E-state index contributed by atoms with van der Waals surface area (Å²) in [5.41, 5.74) is -1.54. The van der Waals surface area contributed by atoms with Crippen molar-refractivity contribution in [2.75, 3.05) is 6.54 Å². The van der Waals surface area contributed by atoms with Gasteiger partial charge in [-0.15, -0.1) is 0 Å². The summed E-state index contributed by atoms with van der Waals surface area (Å²) in [6.45, 7) is 0.991. The summed E-state index contributed by atoms with van der Waals surface area (Å²) >= 11 is 0. The normalized spacial score (nSPS) is 20.3. The number of hydrazone groups is 1. The van der Waals surface area contributed by atoms with E-state index >= 15 is 0 Å². The van der Waals surface area contributed by atoms with Crippen molar-refractivity contribution in [1.29, 1.82) is 0 Å². The Balaban J connectivity index is 2.01. The van der Waals surface area contributed by atoms with Crippen LogP contribution in [-0.2, 0) is 6.42 Å². The lowest BCUT2D eigenvalue weighted by Crippen LogP contribution is -2.57. The molecule has 2 heterocycles. The average Bonchev–Trinajstić information content (AvgIpc) is 2.67. The number of carbonyl (C=O) groups excluding carboxylic acids is 1. The van der Waals surface area contributed by atoms with Crippen LogP contribution in [0.2, 0.25) is 0 Å². The second-order valence-electron chi connectivity index (χ2n) is 6.41. The molecule has 3 rings (SSSR count). The Kier molecular flexibility index (Phi) is 5.01. The van der Waals surface area contributed by atoms with Gasteiger partial charge >= 0.3 is 6.18 Å². The molecule has 0 bridgehead atoms. The smallest absolute Gasteiger partial charge is 0.379 e. The second-order valence-corrected chi connectivity index (χ2v) is 6.41. The minimum atomic E-state index is -4.91. The average molecular weight is 377 g/mol. The van der Waals surface area contributed by atoms with E-state index in [9.17, 15) is 23.1 Å². The molecule has 0 spiro atoms. The van der Waals surface area contributed by atoms with Gasteiger partial charge in [-0.3, -0.25) is 9.78 Å². The molecule has 1 aliphatic rings. The van der Waals surface area contributed by atoms with E-state index in [0.717, 1.165) is 12.0 Å². The van der Waals surface area contributed by atoms with E-state index in [4.69, 9.17) is 0 Å². The first-order chi connectivity index (χ1) is 12.7. The number of aryl methyl sites for hydroxylation is 1. The number of hydrogen-bond donors (Lipinski definition) is 1. The predicted molar refractivity (Wildman–Crippen MR) is 93.3 cm³/mol. The molecule has 142 valence electrons. The maximum absolute atomic E-state index is 13.5. The van der Waals surface area contributed by atoms with E-state index in [1.807, 2.05) is 6.92 Å². The minimum Gasteiger partial charge on any atom is -0.379 e. The molecular weight excluding hydrogens is 359 g/mol. The Hall–Kier alpha value is -2.74. The molecule has 8 heteroatoms. The van der Waals surface area contributed by atoms with Crippen LogP contribution in [0, 0.1) is 0 Å². The summed E-state index contributed by atoms with van der Waals surface area (Å²) in [7, 11) is 0. The number of β-amino-alcohol motifs (C(OH)–C–C–N with tert-alkyl or cyclic N) is 1. The van der Waals surface area contributed by atoms with Gasteiger partial charge in [0, 0.05) is 18.8 Å². The minimum absolute atomic E-state index is 0.000897. The fourth-order valence-electron chi connectivity index (χ4n) is 2.84. The number of amides is 1. The molecule has 0 fully saturated rings. The molecule has 5 nitrogen and oxygen atoms in total. The highest BCUT2D eigenvalue weighted by molar-refractivity contribution is 6.03. The van der Waals surface area contributed by atoms with Crippen molar-refractivity contribution >= 4 is 11.6 Å². The van der Waals surface area contributed by atoms with Gasteiger partial charge in [-0.1, -0.05) is 31.2 Å². The van der Waals surface area contributed by atoms with Gasteiger partial charge in [0.1, 0.15) is 0 Å². The Morgan fingerprint density at radius 2 is 1.96 bits per heavy atom. The van der Waals surface area contributed by atoms with Gasteiger partial charge in [0.15, 0.2) is 5.60 Å². The van der Waals surface area contributed by atoms with Crippen molar-refractivity contribution in [1.82, 2.24) is 9.99 Å². The van der Waals surface area contributed by atoms with Crippen molar-refractivity contribution in [2.24, 2.45) is 5.10 Å². The first kappa shape index (κ1) is 19.0. The van der Waals surface area contributed by atoms with Gasteiger partial charge in [0.2, 0.25) is 0 Å². The molecule has 1 amide bonds. The number of nitrogens with zero attached hydrogens (tertiary/aromatic N) is 3. The number of alkyl halides is 3. The highest BCUT2D eigenvalue weighted by Gasteiger charge is 2.57. The van der Waals surface area contributed by atoms with Crippen LogP contribution in [0.25, 0.3) is 0 Å². The lowest BCUT2D eigenvalue weighted by Gasteiger charge is -2.38. The van der Waals surface area contributed by atoms with E-state index in [1.54, 1.807) is 24.3 Å². The molecule has 0 aliphatic carbocycles. The summed E-state index contributed by atoms with van der Waals surface area (Å²) < 4.78 is 40.6. The first-order valence-corrected chi connectivity index (χ1v) is 8.41. The second kappa shape index (κ2) is 7.11. The highest BCUT2D eigenvalue weighted by Crippen LogP contribution is 2.37. The maximum Gasteiger partial charge on any atom is 0.419 e. The molecular formula is C19H18F3N3O2. The van der Waals surface area contributed by atoms with Crippen LogP contribution < -0.4 is 0 Å². The van der Waals surface area contributed by atoms with Crippen molar-refractivity contribution in [3.8, 4) is 0 Å². The van der Waals surface area contributed by atoms with Crippen LogP contribution in [0.1, 0.15) is 34.8 Å². The van der Waals surface area contributed by atoms with E-state index in [-0.39, 0.29) is 11.3 Å². The fourth-order valence-corrected chi connectivity index (χ4v) is 2.84. The summed E-state index contributed by atoms with van der Waals surface area (Å²) in [5, 5.41) is 15.1. The van der Waals surface area contributed by atoms with Crippen LogP contribution in [0.3, 0.4) is 0 Å². The van der Waals surface area contributed by atoms with Gasteiger partial charge in [-0.25, -0.2) is 5.01 Å². The van der Waals surface area contributed by atoms with Crippen LogP contribution in [-0.4, -0.2) is 45.0 Å². The Labute approximate surface area is 154 Å². The Bertz CT molecular complexity index is 851. The summed E-state index contributed by atoms with van der Waals surface area (Å²) in [6.07, 6.45) is -2.16. The molecule has 1 aromatic heterocycles. The Morgan fingerprint density at radius 1 is 1.26 bits per heavy atom. The maximum atomic E-state index is 13.5. The lowest BCUT2D eigenvalue weighted by molar-refractivity contribution is -0.262. The monoisotopic (exact) mass is 377 g/mol. The standard InChI is InChI=1S/C19H18F3N3O2/c1-2-13-5-7-14(8-6-13)16-10-18(27,19(20,21)22)12-25(24-16)17(26)15-4-3-9-23-11-15/h3-9,11,27H,2,10,12H2,1H3. The van der Waals surface area contributed by atoms with Crippen molar-refractivity contribution in [2.45, 2.75) is 31.5 Å². The summed E-state index contributed by atoms with van der Waals surface area (Å²) in [6, 6.07) is 9.79. The predicted octanol–water partition coefficient (Wildman–Crippen LogP) is 3.19. The molecule has 0 radical (unpaired) electrons. The van der Waals surface area contributed by atoms with Crippen molar-refractivity contribution < 1.29 is 23.1 Å². The summed E-state index contributed by atoms with van der Waals surface area (Å²) in [5.74, 6) is -0.756. The van der Waals surface area contributed by atoms with Crippen LogP contribution in [0.5, 0.6) is 0 Å². The third kappa shape index (κ3) is 3.85. The third-order valence-corrected chi connectivity index (χ3v) is 4.48. The molecule has 1 atom stereocenters. The van der Waals surface area contributed by atoms with E-state index in [0.29, 0.717) is 10.6 Å². The zero-order valence-electron chi connectivity index (χ0n) is 14.6. The number of hydrogen-bond acceptors (Lipinski definition) is 4. The lowest BCUT2D eigenvalue weighted by atomic mass is 9.90. The SMILES string of the molecule is CCc1ccc(C2=NN(C(=O)c3cccnc3)CC(O)(C(F)(F)F)C2)cc1. The van der Waals surface area contributed by atoms with Crippen LogP contribution in [0.15, 0.2) is 53.9 Å². The molecule has 2 aromatic rings. The molecule has 0 saturated carbocycles. The number of aromatic nitrogens is 1. The zero-order valence-corrected chi connectivity index (χ0v) is 14.6. The van der Waals surface area contributed by atoms with Gasteiger partial charge < -0.3 is 5.11 Å². The van der Waals surface area contributed by atoms with Crippen LogP contribution >= 0.6 is 0 Å². The number of aliphatic hydroxyl groups is 1. The number of carbonyl (C=O) groups is 1. The highest BCUT2D eigenvalue weighted by atomic mass is 19.4. The number of rotatable bonds is 3. The van der Waals surface area contributed by atoms with Crippen molar-refractivity contribution in [3.05, 3.63) is 65.5 Å². The molecule has 1 aromatic carbocycles. The molecule has 1 N–H and O–H groups in total. The Morgan fingerprint density at radius 3 is 2.52 bits per heavy atom. The van der Waals surface area contributed by atoms with Gasteiger partial charge in [-0.05, 0) is 29.7 Å². The quantitative estimate of drug-likeness (QED) is 0.894. The van der Waals surface area contributed by atoms with Crippen LogP contribution in [0.4, 0.5) is 13.2 Å². The number of pyridine rings is 1. The van der Waals surface area contributed by atoms with Gasteiger partial charge in [0.05, 0.1) is 17.8 Å². The molecule has 1 aliphatic heterocycles. The van der Waals surface area contributed by atoms with Gasteiger partial charge in [0.25, 0.3) is 5.91 Å². The first-order valence-electron chi connectivity index (χ1n) is 8.41. The van der Waals surface area contributed by atoms with E-state index in [2.05, 4.69) is 10.1 Å². The molecule has 1 unspecified atom stereocenters. The third-order valence-electron chi connectivity index (χ3n) is 4.48. The van der Waals surface area contributed by atoms with E-state index in [1.165, 1.54) is 24.5 Å². The largest absolute Gasteiger partial charge is 0.419 e. The molecule has 0 saturated heterocycles. The zero-order chi connectivity index (χ0) is 19.7. The topological polar surface area (TPSA) is 65.8 Å². The number of benzene rings is 1. The summed E-state index contributed by atoms with van der Waals surface area (Å²) in [4.78, 5) is 16.4. The fraction of sp³-hybridized carbons (Fsp3) is 0.316. The van der Waals surface area contributed by atoms with Crippen molar-refractivity contribution in [3.63, 3.8) is 0 Å². The van der Waals surface area contributed by atoms with Gasteiger partial charge in [-0.2, -0.15) is 18.3 Å².